The molecule has 2 aromatic rings. The first kappa shape index (κ1) is 33.2. The predicted molar refractivity (Wildman–Crippen MR) is 130 cm³/mol. The van der Waals surface area contributed by atoms with Crippen molar-refractivity contribution in [3.05, 3.63) is 60.2 Å². The summed E-state index contributed by atoms with van der Waals surface area (Å²) < 4.78 is 50.7. The molecule has 0 aliphatic carbocycles. The number of aliphatic hydroxyl groups excluding tert-OH is 4. The van der Waals surface area contributed by atoms with Crippen LogP contribution in [0.2, 0.25) is 0 Å². The van der Waals surface area contributed by atoms with E-state index in [9.17, 15) is 48.9 Å². The maximum atomic E-state index is 12.2. The lowest BCUT2D eigenvalue weighted by atomic mass is 10.1. The number of aliphatic hydroxyl groups is 4. The van der Waals surface area contributed by atoms with Gasteiger partial charge in [0.1, 0.15) is 35.5 Å². The number of primary amides is 2. The predicted octanol–water partition coefficient (Wildman–Crippen LogP) is -4.62. The fourth-order valence-corrected chi connectivity index (χ4v) is 6.33. The van der Waals surface area contributed by atoms with Crippen molar-refractivity contribution in [2.75, 3.05) is 13.2 Å². The van der Waals surface area contributed by atoms with Gasteiger partial charge in [0.2, 0.25) is 0 Å². The van der Waals surface area contributed by atoms with Crippen molar-refractivity contribution >= 4 is 27.5 Å². The summed E-state index contributed by atoms with van der Waals surface area (Å²) in [6.45, 7) is -1.99. The number of nitrogens with two attached hydrogens (primary N) is 2. The second-order valence-corrected chi connectivity index (χ2v) is 12.4. The number of ether oxygens (including phenoxy) is 2. The number of amides is 2. The lowest BCUT2D eigenvalue weighted by Gasteiger charge is -2.31. The Morgan fingerprint density at radius 2 is 1.14 bits per heavy atom. The van der Waals surface area contributed by atoms with Gasteiger partial charge in [-0.3, -0.25) is 18.7 Å². The minimum atomic E-state index is -5.68. The van der Waals surface area contributed by atoms with E-state index >= 15 is 0 Å². The van der Waals surface area contributed by atoms with Crippen LogP contribution in [0, 0.1) is 0 Å². The molecule has 2 aliphatic rings. The molecule has 8 N–H and O–H groups in total. The lowest BCUT2D eigenvalue weighted by Crippen LogP contribution is -2.46. The molecule has 0 saturated carbocycles. The van der Waals surface area contributed by atoms with Crippen molar-refractivity contribution in [1.82, 2.24) is 0 Å². The fourth-order valence-electron chi connectivity index (χ4n) is 4.32. The molecule has 3 unspecified atom stereocenters. The van der Waals surface area contributed by atoms with E-state index in [0.717, 1.165) is 0 Å². The Bertz CT molecular complexity index is 1340. The number of phosphoric acid groups is 2. The standard InChI is InChI=1S/C22H28N4O15P2/c23-19(31)11-3-1-5-25(7-11)21-17(29)15(27)13(39-21)9-37-42(33,34)41-43(35,36)38-10-14-16(28)18(30)22(40-14)26-6-2-4-12(8-26)20(24)32/h1-8,13-18,21-22,27-30H,9-10H2,(H4-2,23,24,31,32,33,34,35,36)/t13-,14?,15-,16-,17-,18-,21-,22-/m1/s1. The van der Waals surface area contributed by atoms with Crippen molar-refractivity contribution in [3.8, 4) is 0 Å². The lowest BCUT2D eigenvalue weighted by molar-refractivity contribution is -0.766. The van der Waals surface area contributed by atoms with Crippen LogP contribution >= 0.6 is 15.6 Å². The molecule has 21 heteroatoms. The molecule has 10 atom stereocenters. The zero-order valence-electron chi connectivity index (χ0n) is 21.9. The maximum absolute atomic E-state index is 12.2. The van der Waals surface area contributed by atoms with Crippen molar-refractivity contribution in [2.24, 2.45) is 11.5 Å². The molecule has 0 spiro atoms. The molecule has 236 valence electrons. The molecule has 0 aromatic carbocycles. The van der Waals surface area contributed by atoms with Gasteiger partial charge in [0, 0.05) is 12.1 Å². The third-order valence-electron chi connectivity index (χ3n) is 6.47. The van der Waals surface area contributed by atoms with Crippen LogP contribution in [-0.2, 0) is 32.0 Å². The number of carbonyl (C=O) groups is 2. The summed E-state index contributed by atoms with van der Waals surface area (Å²) in [5.74, 6) is -1.57. The Balaban J connectivity index is 1.31. The number of hydrogen-bond donors (Lipinski definition) is 6. The molecule has 43 heavy (non-hydrogen) atoms. The zero-order chi connectivity index (χ0) is 31.7. The van der Waals surface area contributed by atoms with Crippen LogP contribution in [0.25, 0.3) is 0 Å². The Kier molecular flexibility index (Phi) is 10.1. The van der Waals surface area contributed by atoms with Crippen LogP contribution < -0.4 is 30.4 Å². The van der Waals surface area contributed by atoms with E-state index < -0.39 is 89.8 Å². The van der Waals surface area contributed by atoms with Gasteiger partial charge in [0.05, 0.1) is 13.2 Å². The normalized spacial score (nSPS) is 31.8. The van der Waals surface area contributed by atoms with Crippen LogP contribution in [0.3, 0.4) is 0 Å². The number of pyridine rings is 2. The quantitative estimate of drug-likeness (QED) is 0.0930. The smallest absolute Gasteiger partial charge is 0.292 e. The molecule has 4 rings (SSSR count). The van der Waals surface area contributed by atoms with E-state index in [2.05, 4.69) is 13.4 Å². The SMILES string of the molecule is NC(=O)c1ccc[n+]([C@@H]2O[C@H](COP(=O)([O-])OP(=O)([O-])OCC3O[C@@H]([n+]4cccc(C(N)=O)c4)[C@H](O)[C@@H]3O)[C@@H](O)[C@H]2O)c1. The molecule has 2 amide bonds. The van der Waals surface area contributed by atoms with Crippen LogP contribution in [0.15, 0.2) is 49.1 Å². The molecule has 4 heterocycles. The number of hydrogen-bond acceptors (Lipinski definition) is 15. The number of phosphoric ester groups is 2. The molecule has 0 bridgehead atoms. The van der Waals surface area contributed by atoms with Gasteiger partial charge < -0.3 is 60.2 Å². The first-order valence-electron chi connectivity index (χ1n) is 12.4. The Morgan fingerprint density at radius 1 is 0.767 bits per heavy atom. The van der Waals surface area contributed by atoms with Gasteiger partial charge in [0.15, 0.2) is 37.0 Å². The van der Waals surface area contributed by atoms with Crippen molar-refractivity contribution in [2.45, 2.75) is 49.1 Å². The minimum absolute atomic E-state index is 0.0488. The summed E-state index contributed by atoms with van der Waals surface area (Å²) in [4.78, 5) is 47.3. The second kappa shape index (κ2) is 13.1. The van der Waals surface area contributed by atoms with Gasteiger partial charge in [0.25, 0.3) is 39.9 Å². The molecular weight excluding hydrogens is 622 g/mol. The average Bonchev–Trinajstić information content (AvgIpc) is 3.40. The maximum Gasteiger partial charge on any atom is 0.292 e. The number of rotatable bonds is 12. The molecular formula is C22H28N4O15P2. The van der Waals surface area contributed by atoms with Crippen LogP contribution in [0.5, 0.6) is 0 Å². The van der Waals surface area contributed by atoms with Gasteiger partial charge in [-0.2, -0.15) is 9.13 Å². The highest BCUT2D eigenvalue weighted by atomic mass is 31.3. The third kappa shape index (κ3) is 7.86. The van der Waals surface area contributed by atoms with E-state index in [1.54, 1.807) is 0 Å². The Morgan fingerprint density at radius 3 is 1.49 bits per heavy atom. The van der Waals surface area contributed by atoms with Crippen LogP contribution in [0.1, 0.15) is 33.2 Å². The van der Waals surface area contributed by atoms with Crippen LogP contribution in [-0.4, -0.2) is 82.1 Å². The Hall–Kier alpha value is -2.74. The topological polar surface area (TPSA) is 301 Å². The van der Waals surface area contributed by atoms with Crippen molar-refractivity contribution in [3.63, 3.8) is 0 Å². The summed E-state index contributed by atoms with van der Waals surface area (Å²) in [5, 5.41) is 41.2. The number of nitrogens with zero attached hydrogens (tertiary/aromatic N) is 2. The fraction of sp³-hybridized carbons (Fsp3) is 0.455. The third-order valence-corrected chi connectivity index (χ3v) is 9.00. The summed E-state index contributed by atoms with van der Waals surface area (Å²) in [6.07, 6.45) is -7.00. The van der Waals surface area contributed by atoms with Gasteiger partial charge >= 0.3 is 0 Å². The summed E-state index contributed by atoms with van der Waals surface area (Å²) >= 11 is 0. The van der Waals surface area contributed by atoms with Gasteiger partial charge in [-0.25, -0.2) is 4.31 Å². The number of carbonyl (C=O) groups excluding carboxylic acids is 2. The highest BCUT2D eigenvalue weighted by Gasteiger charge is 2.50. The first-order valence-corrected chi connectivity index (χ1v) is 15.3. The zero-order valence-corrected chi connectivity index (χ0v) is 23.7. The summed E-state index contributed by atoms with van der Waals surface area (Å²) in [5.41, 5.74) is 10.5. The molecule has 2 aromatic heterocycles. The van der Waals surface area contributed by atoms with Crippen molar-refractivity contribution in [1.29, 1.82) is 0 Å². The highest BCUT2D eigenvalue weighted by Crippen LogP contribution is 2.56. The first-order chi connectivity index (χ1) is 20.1. The van der Waals surface area contributed by atoms with Gasteiger partial charge in [-0.1, -0.05) is 0 Å². The summed E-state index contributed by atoms with van der Waals surface area (Å²) in [7, 11) is -11.4. The second-order valence-electron chi connectivity index (χ2n) is 9.47. The van der Waals surface area contributed by atoms with Gasteiger partial charge in [-0.15, -0.1) is 0 Å². The van der Waals surface area contributed by atoms with E-state index in [1.165, 1.54) is 58.2 Å². The molecule has 2 aliphatic heterocycles. The Labute approximate surface area is 242 Å². The van der Waals surface area contributed by atoms with E-state index in [0.29, 0.717) is 0 Å². The average molecular weight is 650 g/mol. The van der Waals surface area contributed by atoms with Crippen LogP contribution in [0.4, 0.5) is 0 Å². The van der Waals surface area contributed by atoms with Gasteiger partial charge in [-0.05, 0) is 12.1 Å². The molecule has 2 fully saturated rings. The molecule has 2 saturated heterocycles. The van der Waals surface area contributed by atoms with E-state index in [1.807, 2.05) is 0 Å². The number of aromatic nitrogens is 2. The minimum Gasteiger partial charge on any atom is -0.756 e. The largest absolute Gasteiger partial charge is 0.756 e. The molecule has 19 nitrogen and oxygen atoms in total. The van der Waals surface area contributed by atoms with E-state index in [-0.39, 0.29) is 11.1 Å². The highest BCUT2D eigenvalue weighted by molar-refractivity contribution is 7.59. The van der Waals surface area contributed by atoms with E-state index in [4.69, 9.17) is 20.9 Å². The monoisotopic (exact) mass is 650 g/mol. The van der Waals surface area contributed by atoms with Crippen molar-refractivity contribution < 1.29 is 80.9 Å². The molecule has 0 radical (unpaired) electrons. The summed E-state index contributed by atoms with van der Waals surface area (Å²) in [6, 6.07) is 5.59.